The van der Waals surface area contributed by atoms with E-state index < -0.39 is 36.9 Å². The molecule has 0 fully saturated rings. The first kappa shape index (κ1) is 18.6. The molecule has 0 heterocycles. The first-order valence-corrected chi connectivity index (χ1v) is 6.51. The molecule has 1 rings (SSSR count). The second-order valence-corrected chi connectivity index (χ2v) is 4.60. The maximum atomic E-state index is 12.0. The Kier molecular flexibility index (Phi) is 7.13. The van der Waals surface area contributed by atoms with Crippen LogP contribution in [0.15, 0.2) is 29.4 Å². The number of amides is 1. The molecule has 23 heavy (non-hydrogen) atoms. The molecule has 10 nitrogen and oxygen atoms in total. The third kappa shape index (κ3) is 5.02. The molecule has 0 aliphatic carbocycles. The quantitative estimate of drug-likeness (QED) is 0.177. The highest BCUT2D eigenvalue weighted by molar-refractivity contribution is 5.96. The molecular formula is C13H16N4O6. The fourth-order valence-electron chi connectivity index (χ4n) is 1.71. The first-order valence-electron chi connectivity index (χ1n) is 6.51. The molecule has 1 amide bonds. The number of aldehydes is 1. The van der Waals surface area contributed by atoms with Crippen LogP contribution in [0.2, 0.25) is 0 Å². The van der Waals surface area contributed by atoms with Gasteiger partial charge in [0.25, 0.3) is 5.91 Å². The van der Waals surface area contributed by atoms with Gasteiger partial charge in [-0.25, -0.2) is 0 Å². The van der Waals surface area contributed by atoms with Gasteiger partial charge in [0.15, 0.2) is 0 Å². The standard InChI is InChI=1S/C13H16N4O6/c14-17-16-8-3-1-7(2-4-8)13(23)15-9(5-18)11(21)12(22)10(20)6-19/h1-5,9-12,19-22H,6H2,(H,15,23)/t9-,10+,11+,12-/m0/s1. The van der Waals surface area contributed by atoms with Crippen LogP contribution in [0.3, 0.4) is 0 Å². The Balaban J connectivity index is 2.79. The van der Waals surface area contributed by atoms with Gasteiger partial charge in [0.05, 0.1) is 6.61 Å². The molecule has 5 N–H and O–H groups in total. The van der Waals surface area contributed by atoms with Crippen molar-refractivity contribution in [2.75, 3.05) is 6.61 Å². The van der Waals surface area contributed by atoms with Gasteiger partial charge in [-0.3, -0.25) is 4.79 Å². The Morgan fingerprint density at radius 1 is 1.26 bits per heavy atom. The minimum Gasteiger partial charge on any atom is -0.394 e. The van der Waals surface area contributed by atoms with Gasteiger partial charge in [0.1, 0.15) is 30.6 Å². The van der Waals surface area contributed by atoms with Gasteiger partial charge in [0, 0.05) is 16.2 Å². The number of nitrogens with zero attached hydrogens (tertiary/aromatic N) is 3. The monoisotopic (exact) mass is 324 g/mol. The summed E-state index contributed by atoms with van der Waals surface area (Å²) < 4.78 is 0. The van der Waals surface area contributed by atoms with Crippen LogP contribution in [-0.4, -0.2) is 63.6 Å². The Hall–Kier alpha value is -2.49. The summed E-state index contributed by atoms with van der Waals surface area (Å²) >= 11 is 0. The summed E-state index contributed by atoms with van der Waals surface area (Å²) in [5, 5.41) is 42.8. The third-order valence-corrected chi connectivity index (χ3v) is 3.03. The number of hydrogen-bond donors (Lipinski definition) is 5. The molecule has 0 aliphatic heterocycles. The number of aliphatic hydroxyl groups is 4. The molecule has 1 aromatic rings. The molecule has 0 unspecified atom stereocenters. The lowest BCUT2D eigenvalue weighted by Gasteiger charge is -2.26. The lowest BCUT2D eigenvalue weighted by Crippen LogP contribution is -2.53. The predicted octanol–water partition coefficient (Wildman–Crippen LogP) is -0.999. The zero-order valence-electron chi connectivity index (χ0n) is 11.9. The minimum absolute atomic E-state index is 0.123. The molecule has 0 saturated carbocycles. The zero-order valence-corrected chi connectivity index (χ0v) is 11.9. The Morgan fingerprint density at radius 3 is 2.35 bits per heavy atom. The van der Waals surface area contributed by atoms with Crippen LogP contribution in [0.5, 0.6) is 0 Å². The van der Waals surface area contributed by atoms with Crippen LogP contribution in [0.1, 0.15) is 10.4 Å². The summed E-state index contributed by atoms with van der Waals surface area (Å²) in [5.74, 6) is -0.723. The summed E-state index contributed by atoms with van der Waals surface area (Å²) in [6.07, 6.45) is -5.08. The second-order valence-electron chi connectivity index (χ2n) is 4.60. The summed E-state index contributed by atoms with van der Waals surface area (Å²) in [4.78, 5) is 25.5. The summed E-state index contributed by atoms with van der Waals surface area (Å²) in [5.41, 5.74) is 8.69. The highest BCUT2D eigenvalue weighted by Crippen LogP contribution is 2.13. The Bertz CT molecular complexity index is 587. The average Bonchev–Trinajstić information content (AvgIpc) is 2.58. The van der Waals surface area contributed by atoms with E-state index in [1.807, 2.05) is 0 Å². The third-order valence-electron chi connectivity index (χ3n) is 3.03. The molecule has 1 aromatic carbocycles. The zero-order chi connectivity index (χ0) is 17.4. The van der Waals surface area contributed by atoms with Crippen molar-refractivity contribution in [3.05, 3.63) is 40.3 Å². The molecule has 0 saturated heterocycles. The number of carbonyl (C=O) groups excluding carboxylic acids is 2. The molecule has 0 radical (unpaired) electrons. The van der Waals surface area contributed by atoms with Crippen LogP contribution in [0.4, 0.5) is 5.69 Å². The molecule has 0 bridgehead atoms. The van der Waals surface area contributed by atoms with Gasteiger partial charge in [-0.2, -0.15) is 0 Å². The molecule has 0 spiro atoms. The molecule has 4 atom stereocenters. The Morgan fingerprint density at radius 2 is 1.87 bits per heavy atom. The van der Waals surface area contributed by atoms with E-state index in [-0.39, 0.29) is 17.5 Å². The maximum Gasteiger partial charge on any atom is 0.251 e. The van der Waals surface area contributed by atoms with Gasteiger partial charge in [0.2, 0.25) is 0 Å². The molecule has 124 valence electrons. The van der Waals surface area contributed by atoms with Crippen molar-refractivity contribution in [1.82, 2.24) is 5.32 Å². The number of nitrogens with one attached hydrogen (secondary N) is 1. The fraction of sp³-hybridized carbons (Fsp3) is 0.385. The first-order chi connectivity index (χ1) is 10.9. The van der Waals surface area contributed by atoms with Crippen molar-refractivity contribution in [2.45, 2.75) is 24.4 Å². The average molecular weight is 324 g/mol. The largest absolute Gasteiger partial charge is 0.394 e. The summed E-state index contributed by atoms with van der Waals surface area (Å²) in [6, 6.07) is 3.95. The van der Waals surface area contributed by atoms with Gasteiger partial charge < -0.3 is 30.5 Å². The second kappa shape index (κ2) is 8.83. The highest BCUT2D eigenvalue weighted by atomic mass is 16.4. The maximum absolute atomic E-state index is 12.0. The minimum atomic E-state index is -1.82. The number of azide groups is 1. The number of carbonyl (C=O) groups is 2. The van der Waals surface area contributed by atoms with Crippen LogP contribution in [0.25, 0.3) is 10.4 Å². The SMILES string of the molecule is [N-]=[N+]=Nc1ccc(C(=O)N[C@@H](C=O)[C@@H](O)[C@@H](O)[C@H](O)CO)cc1. The van der Waals surface area contributed by atoms with E-state index >= 15 is 0 Å². The normalized spacial score (nSPS) is 15.7. The number of aliphatic hydroxyl groups excluding tert-OH is 4. The molecule has 10 heteroatoms. The Labute approximate surface area is 130 Å². The van der Waals surface area contributed by atoms with E-state index in [2.05, 4.69) is 15.3 Å². The van der Waals surface area contributed by atoms with E-state index in [0.29, 0.717) is 0 Å². The van der Waals surface area contributed by atoms with Crippen LogP contribution >= 0.6 is 0 Å². The van der Waals surface area contributed by atoms with E-state index in [0.717, 1.165) is 0 Å². The number of rotatable bonds is 8. The van der Waals surface area contributed by atoms with Gasteiger partial charge in [-0.1, -0.05) is 17.2 Å². The lowest BCUT2D eigenvalue weighted by atomic mass is 10.0. The van der Waals surface area contributed by atoms with E-state index in [1.165, 1.54) is 24.3 Å². The van der Waals surface area contributed by atoms with Crippen LogP contribution in [-0.2, 0) is 4.79 Å². The van der Waals surface area contributed by atoms with Crippen molar-refractivity contribution >= 4 is 17.9 Å². The highest BCUT2D eigenvalue weighted by Gasteiger charge is 2.32. The van der Waals surface area contributed by atoms with Crippen LogP contribution < -0.4 is 5.32 Å². The van der Waals surface area contributed by atoms with Crippen molar-refractivity contribution in [1.29, 1.82) is 0 Å². The van der Waals surface area contributed by atoms with E-state index in [9.17, 15) is 24.9 Å². The fourth-order valence-corrected chi connectivity index (χ4v) is 1.71. The number of benzene rings is 1. The van der Waals surface area contributed by atoms with Gasteiger partial charge in [-0.15, -0.1) is 0 Å². The molecule has 0 aromatic heterocycles. The van der Waals surface area contributed by atoms with E-state index in [4.69, 9.17) is 10.6 Å². The van der Waals surface area contributed by atoms with Crippen molar-refractivity contribution < 1.29 is 30.0 Å². The smallest absolute Gasteiger partial charge is 0.251 e. The predicted molar refractivity (Wildman–Crippen MR) is 77.7 cm³/mol. The summed E-state index contributed by atoms with van der Waals surface area (Å²) in [6.45, 7) is -0.821. The van der Waals surface area contributed by atoms with Crippen molar-refractivity contribution in [3.63, 3.8) is 0 Å². The summed E-state index contributed by atoms with van der Waals surface area (Å²) in [7, 11) is 0. The van der Waals surface area contributed by atoms with Crippen molar-refractivity contribution in [3.8, 4) is 0 Å². The van der Waals surface area contributed by atoms with E-state index in [1.54, 1.807) is 0 Å². The van der Waals surface area contributed by atoms with Gasteiger partial charge >= 0.3 is 0 Å². The van der Waals surface area contributed by atoms with Gasteiger partial charge in [-0.05, 0) is 17.7 Å². The topological polar surface area (TPSA) is 176 Å². The molecule has 0 aliphatic rings. The van der Waals surface area contributed by atoms with Crippen LogP contribution in [0, 0.1) is 0 Å². The van der Waals surface area contributed by atoms with Crippen molar-refractivity contribution in [2.24, 2.45) is 5.11 Å². The molecular weight excluding hydrogens is 308 g/mol. The lowest BCUT2D eigenvalue weighted by molar-refractivity contribution is -0.119. The number of hydrogen-bond acceptors (Lipinski definition) is 7.